The van der Waals surface area contributed by atoms with E-state index in [9.17, 15) is 4.79 Å². The van der Waals surface area contributed by atoms with E-state index in [4.69, 9.17) is 5.26 Å². The van der Waals surface area contributed by atoms with Crippen molar-refractivity contribution in [2.24, 2.45) is 7.05 Å². The van der Waals surface area contributed by atoms with Gasteiger partial charge in [0.1, 0.15) is 5.82 Å². The summed E-state index contributed by atoms with van der Waals surface area (Å²) in [4.78, 5) is 17.9. The number of hydrogen-bond donors (Lipinski definition) is 0. The van der Waals surface area contributed by atoms with Crippen LogP contribution in [0.4, 0.5) is 5.82 Å². The number of nitriles is 1. The molecule has 0 bridgehead atoms. The molecular formula is C16H19N5O. The summed E-state index contributed by atoms with van der Waals surface area (Å²) in [5.41, 5.74) is 3.64. The highest BCUT2D eigenvalue weighted by Gasteiger charge is 2.15. The van der Waals surface area contributed by atoms with Crippen LogP contribution in [-0.2, 0) is 18.3 Å². The highest BCUT2D eigenvalue weighted by Crippen LogP contribution is 2.16. The minimum absolute atomic E-state index is 0.0368. The van der Waals surface area contributed by atoms with Crippen molar-refractivity contribution < 1.29 is 4.79 Å². The Morgan fingerprint density at radius 1 is 1.45 bits per heavy atom. The Balaban J connectivity index is 2.07. The maximum atomic E-state index is 12.3. The van der Waals surface area contributed by atoms with Gasteiger partial charge in [-0.25, -0.2) is 4.98 Å². The fraction of sp³-hybridized carbons (Fsp3) is 0.375. The number of nitrogens with zero attached hydrogens (tertiary/aromatic N) is 5. The number of anilines is 1. The minimum Gasteiger partial charge on any atom is -0.300 e. The predicted molar refractivity (Wildman–Crippen MR) is 83.4 cm³/mol. The summed E-state index contributed by atoms with van der Waals surface area (Å²) in [5.74, 6) is 0.453. The van der Waals surface area contributed by atoms with Crippen molar-refractivity contribution in [2.45, 2.75) is 26.7 Å². The third-order valence-electron chi connectivity index (χ3n) is 3.84. The van der Waals surface area contributed by atoms with Crippen LogP contribution in [0.15, 0.2) is 18.3 Å². The van der Waals surface area contributed by atoms with E-state index >= 15 is 0 Å². The molecule has 2 aromatic heterocycles. The summed E-state index contributed by atoms with van der Waals surface area (Å²) in [7, 11) is 3.58. The summed E-state index contributed by atoms with van der Waals surface area (Å²) in [6.45, 7) is 3.95. The van der Waals surface area contributed by atoms with E-state index in [0.717, 1.165) is 17.0 Å². The summed E-state index contributed by atoms with van der Waals surface area (Å²) in [5, 5.41) is 13.3. The maximum absolute atomic E-state index is 12.3. The SMILES string of the molecule is Cc1nn(C)c(C)c1CCC(=O)N(C)c1cc(C#N)ccn1. The highest BCUT2D eigenvalue weighted by molar-refractivity contribution is 5.92. The molecule has 0 spiro atoms. The van der Waals surface area contributed by atoms with Crippen molar-refractivity contribution in [3.05, 3.63) is 40.8 Å². The molecule has 2 rings (SSSR count). The molecule has 0 aliphatic carbocycles. The van der Waals surface area contributed by atoms with Gasteiger partial charge >= 0.3 is 0 Å². The van der Waals surface area contributed by atoms with E-state index in [0.29, 0.717) is 24.2 Å². The van der Waals surface area contributed by atoms with Crippen molar-refractivity contribution >= 4 is 11.7 Å². The van der Waals surface area contributed by atoms with Gasteiger partial charge in [-0.15, -0.1) is 0 Å². The number of carbonyl (C=O) groups is 1. The van der Waals surface area contributed by atoms with Gasteiger partial charge in [0.2, 0.25) is 5.91 Å². The molecule has 6 heteroatoms. The maximum Gasteiger partial charge on any atom is 0.228 e. The number of amides is 1. The van der Waals surface area contributed by atoms with Crippen LogP contribution in [0, 0.1) is 25.2 Å². The second-order valence-corrected chi connectivity index (χ2v) is 5.24. The third-order valence-corrected chi connectivity index (χ3v) is 3.84. The normalized spacial score (nSPS) is 10.3. The van der Waals surface area contributed by atoms with Gasteiger partial charge in [-0.1, -0.05) is 0 Å². The Bertz CT molecular complexity index is 741. The van der Waals surface area contributed by atoms with Crippen LogP contribution in [-0.4, -0.2) is 27.7 Å². The fourth-order valence-electron chi connectivity index (χ4n) is 2.38. The van der Waals surface area contributed by atoms with E-state index in [1.165, 1.54) is 11.1 Å². The summed E-state index contributed by atoms with van der Waals surface area (Å²) in [6, 6.07) is 5.27. The quantitative estimate of drug-likeness (QED) is 0.863. The zero-order valence-corrected chi connectivity index (χ0v) is 13.3. The molecule has 0 atom stereocenters. The van der Waals surface area contributed by atoms with Crippen molar-refractivity contribution in [2.75, 3.05) is 11.9 Å². The van der Waals surface area contributed by atoms with Crippen LogP contribution < -0.4 is 4.90 Å². The van der Waals surface area contributed by atoms with Gasteiger partial charge in [0.25, 0.3) is 0 Å². The third kappa shape index (κ3) is 3.14. The largest absolute Gasteiger partial charge is 0.300 e. The van der Waals surface area contributed by atoms with Gasteiger partial charge in [-0.3, -0.25) is 14.4 Å². The zero-order valence-electron chi connectivity index (χ0n) is 13.3. The van der Waals surface area contributed by atoms with Crippen molar-refractivity contribution in [3.8, 4) is 6.07 Å². The summed E-state index contributed by atoms with van der Waals surface area (Å²) >= 11 is 0. The molecule has 22 heavy (non-hydrogen) atoms. The van der Waals surface area contributed by atoms with Gasteiger partial charge < -0.3 is 0 Å². The molecule has 0 saturated heterocycles. The van der Waals surface area contributed by atoms with Gasteiger partial charge in [-0.05, 0) is 38.0 Å². The number of aromatic nitrogens is 3. The standard InChI is InChI=1S/C16H19N5O/c1-11-14(12(2)21(4)19-11)5-6-16(22)20(3)15-9-13(10-17)7-8-18-15/h7-9H,5-6H2,1-4H3. The molecule has 0 radical (unpaired) electrons. The first kappa shape index (κ1) is 15.7. The lowest BCUT2D eigenvalue weighted by Crippen LogP contribution is -2.27. The van der Waals surface area contributed by atoms with Crippen LogP contribution >= 0.6 is 0 Å². The topological polar surface area (TPSA) is 74.8 Å². The van der Waals surface area contributed by atoms with Crippen LogP contribution in [0.5, 0.6) is 0 Å². The average Bonchev–Trinajstić information content (AvgIpc) is 2.77. The average molecular weight is 297 g/mol. The molecule has 2 heterocycles. The summed E-state index contributed by atoms with van der Waals surface area (Å²) < 4.78 is 1.83. The number of carbonyl (C=O) groups excluding carboxylic acids is 1. The van der Waals surface area contributed by atoms with Gasteiger partial charge in [-0.2, -0.15) is 10.4 Å². The fourth-order valence-corrected chi connectivity index (χ4v) is 2.38. The molecular weight excluding hydrogens is 278 g/mol. The van der Waals surface area contributed by atoms with E-state index in [-0.39, 0.29) is 5.91 Å². The zero-order chi connectivity index (χ0) is 16.3. The molecule has 114 valence electrons. The van der Waals surface area contributed by atoms with E-state index in [2.05, 4.69) is 10.1 Å². The smallest absolute Gasteiger partial charge is 0.228 e. The first-order chi connectivity index (χ1) is 10.4. The molecule has 0 aromatic carbocycles. The Kier molecular flexibility index (Phi) is 4.56. The molecule has 0 N–H and O–H groups in total. The van der Waals surface area contributed by atoms with Crippen LogP contribution in [0.1, 0.15) is 28.9 Å². The number of rotatable bonds is 4. The van der Waals surface area contributed by atoms with Crippen molar-refractivity contribution in [1.29, 1.82) is 5.26 Å². The van der Waals surface area contributed by atoms with Gasteiger partial charge in [0, 0.05) is 32.4 Å². The van der Waals surface area contributed by atoms with E-state index in [1.54, 1.807) is 19.2 Å². The Morgan fingerprint density at radius 2 is 2.18 bits per heavy atom. The molecule has 0 aliphatic heterocycles. The Hall–Kier alpha value is -2.68. The lowest BCUT2D eigenvalue weighted by atomic mass is 10.1. The monoisotopic (exact) mass is 297 g/mol. The number of aryl methyl sites for hydroxylation is 2. The van der Waals surface area contributed by atoms with E-state index in [1.807, 2.05) is 31.6 Å². The molecule has 0 aliphatic rings. The number of hydrogen-bond acceptors (Lipinski definition) is 4. The minimum atomic E-state index is -0.0368. The lowest BCUT2D eigenvalue weighted by Gasteiger charge is -2.16. The Labute approximate surface area is 130 Å². The summed E-state index contributed by atoms with van der Waals surface area (Å²) in [6.07, 6.45) is 2.56. The molecule has 1 amide bonds. The van der Waals surface area contributed by atoms with Crippen LogP contribution in [0.3, 0.4) is 0 Å². The molecule has 0 fully saturated rings. The highest BCUT2D eigenvalue weighted by atomic mass is 16.2. The molecule has 2 aromatic rings. The van der Waals surface area contributed by atoms with Crippen LogP contribution in [0.2, 0.25) is 0 Å². The molecule has 0 unspecified atom stereocenters. The predicted octanol–water partition coefficient (Wildman–Crippen LogP) is 1.90. The first-order valence-corrected chi connectivity index (χ1v) is 7.05. The Morgan fingerprint density at radius 3 is 2.77 bits per heavy atom. The number of pyridine rings is 1. The van der Waals surface area contributed by atoms with Crippen molar-refractivity contribution in [1.82, 2.24) is 14.8 Å². The second kappa shape index (κ2) is 6.39. The molecule has 0 saturated carbocycles. The molecule has 6 nitrogen and oxygen atoms in total. The van der Waals surface area contributed by atoms with Crippen molar-refractivity contribution in [3.63, 3.8) is 0 Å². The second-order valence-electron chi connectivity index (χ2n) is 5.24. The first-order valence-electron chi connectivity index (χ1n) is 7.05. The van der Waals surface area contributed by atoms with Gasteiger partial charge in [0.15, 0.2) is 0 Å². The van der Waals surface area contributed by atoms with E-state index < -0.39 is 0 Å². The van der Waals surface area contributed by atoms with Gasteiger partial charge in [0.05, 0.1) is 17.3 Å². The van der Waals surface area contributed by atoms with Crippen LogP contribution in [0.25, 0.3) is 0 Å². The lowest BCUT2D eigenvalue weighted by molar-refractivity contribution is -0.118.